The molecular weight excluding hydrogens is 328 g/mol. The molecule has 0 aliphatic rings. The number of nitro benzene ring substituents is 1. The third kappa shape index (κ3) is 2.63. The Bertz CT molecular complexity index is 479. The van der Waals surface area contributed by atoms with Crippen molar-refractivity contribution in [2.75, 3.05) is 12.4 Å². The summed E-state index contributed by atoms with van der Waals surface area (Å²) in [5.41, 5.74) is -1.97. The van der Waals surface area contributed by atoms with Gasteiger partial charge < -0.3 is 5.32 Å². The van der Waals surface area contributed by atoms with E-state index in [-0.39, 0.29) is 5.69 Å². The summed E-state index contributed by atoms with van der Waals surface area (Å²) < 4.78 is 37.2. The average molecular weight is 333 g/mol. The molecule has 1 aromatic rings. The van der Waals surface area contributed by atoms with Crippen molar-refractivity contribution in [2.45, 2.75) is 6.18 Å². The summed E-state index contributed by atoms with van der Waals surface area (Å²) in [6.07, 6.45) is -4.65. The van der Waals surface area contributed by atoms with Crippen LogP contribution in [0.4, 0.5) is 24.5 Å². The Balaban J connectivity index is 3.63. The van der Waals surface area contributed by atoms with Gasteiger partial charge in [-0.2, -0.15) is 13.2 Å². The maximum atomic E-state index is 12.6. The van der Waals surface area contributed by atoms with Gasteiger partial charge in [-0.05, 0) is 22.0 Å². The first kappa shape index (κ1) is 14.0. The van der Waals surface area contributed by atoms with Crippen LogP contribution in [-0.2, 0) is 6.18 Å². The predicted molar refractivity (Wildman–Crippen MR) is 60.4 cm³/mol. The Labute approximate surface area is 107 Å². The molecule has 0 radical (unpaired) electrons. The van der Waals surface area contributed by atoms with Gasteiger partial charge in [-0.15, -0.1) is 0 Å². The standard InChI is InChI=1S/C8H5BrClF3N2O2/c1-14-4-2-3(8(11,12)13)5(9)6(10)7(4)15(16)17/h2,14H,1H3. The number of hydrogen-bond donors (Lipinski definition) is 1. The highest BCUT2D eigenvalue weighted by atomic mass is 79.9. The van der Waals surface area contributed by atoms with E-state index in [9.17, 15) is 23.3 Å². The molecule has 4 nitrogen and oxygen atoms in total. The lowest BCUT2D eigenvalue weighted by atomic mass is 10.1. The van der Waals surface area contributed by atoms with E-state index in [0.717, 1.165) is 0 Å². The van der Waals surface area contributed by atoms with Crippen LogP contribution in [0.2, 0.25) is 5.02 Å². The molecule has 0 amide bonds. The van der Waals surface area contributed by atoms with Crippen LogP contribution in [0.15, 0.2) is 10.5 Å². The largest absolute Gasteiger partial charge is 0.417 e. The second kappa shape index (κ2) is 4.69. The molecular formula is C8H5BrClF3N2O2. The summed E-state index contributed by atoms with van der Waals surface area (Å²) in [5, 5.41) is 12.4. The van der Waals surface area contributed by atoms with E-state index in [1.807, 2.05) is 0 Å². The Morgan fingerprint density at radius 3 is 2.41 bits per heavy atom. The van der Waals surface area contributed by atoms with Gasteiger partial charge in [0.15, 0.2) is 0 Å². The third-order valence-electron chi connectivity index (χ3n) is 1.94. The van der Waals surface area contributed by atoms with Crippen molar-refractivity contribution in [3.8, 4) is 0 Å². The third-order valence-corrected chi connectivity index (χ3v) is 3.36. The number of benzene rings is 1. The molecule has 0 fully saturated rings. The highest BCUT2D eigenvalue weighted by Crippen LogP contribution is 2.45. The maximum Gasteiger partial charge on any atom is 0.417 e. The van der Waals surface area contributed by atoms with Gasteiger partial charge in [0.25, 0.3) is 0 Å². The van der Waals surface area contributed by atoms with E-state index in [1.54, 1.807) is 0 Å². The van der Waals surface area contributed by atoms with Crippen molar-refractivity contribution in [3.05, 3.63) is 31.2 Å². The fourth-order valence-corrected chi connectivity index (χ4v) is 1.99. The summed E-state index contributed by atoms with van der Waals surface area (Å²) in [6.45, 7) is 0. The van der Waals surface area contributed by atoms with Crippen LogP contribution in [0.1, 0.15) is 5.56 Å². The lowest BCUT2D eigenvalue weighted by Gasteiger charge is -2.13. The van der Waals surface area contributed by atoms with Gasteiger partial charge in [-0.3, -0.25) is 10.1 Å². The minimum atomic E-state index is -4.65. The lowest BCUT2D eigenvalue weighted by molar-refractivity contribution is -0.383. The van der Waals surface area contributed by atoms with Gasteiger partial charge in [-0.1, -0.05) is 11.6 Å². The van der Waals surface area contributed by atoms with Crippen LogP contribution in [0.25, 0.3) is 0 Å². The molecule has 0 saturated heterocycles. The minimum Gasteiger partial charge on any atom is -0.383 e. The molecule has 0 heterocycles. The zero-order valence-corrected chi connectivity index (χ0v) is 10.6. The Morgan fingerprint density at radius 1 is 1.53 bits per heavy atom. The van der Waals surface area contributed by atoms with Crippen LogP contribution < -0.4 is 5.32 Å². The minimum absolute atomic E-state index is 0.296. The normalized spacial score (nSPS) is 11.4. The van der Waals surface area contributed by atoms with E-state index in [1.165, 1.54) is 7.05 Å². The van der Waals surface area contributed by atoms with E-state index >= 15 is 0 Å². The predicted octanol–water partition coefficient (Wildman–Crippen LogP) is 4.07. The van der Waals surface area contributed by atoms with Gasteiger partial charge in [0.2, 0.25) is 0 Å². The Kier molecular flexibility index (Phi) is 3.88. The molecule has 0 atom stereocenters. The summed E-state index contributed by atoms with van der Waals surface area (Å²) in [6, 6.07) is 0.633. The van der Waals surface area contributed by atoms with E-state index in [2.05, 4.69) is 21.2 Å². The first-order valence-electron chi connectivity index (χ1n) is 4.11. The molecule has 0 saturated carbocycles. The van der Waals surface area contributed by atoms with Crippen LogP contribution in [0.5, 0.6) is 0 Å². The van der Waals surface area contributed by atoms with Crippen LogP contribution >= 0.6 is 27.5 Å². The fraction of sp³-hybridized carbons (Fsp3) is 0.250. The van der Waals surface area contributed by atoms with E-state index < -0.39 is 31.8 Å². The quantitative estimate of drug-likeness (QED) is 0.655. The monoisotopic (exact) mass is 332 g/mol. The van der Waals surface area contributed by atoms with Gasteiger partial charge in [0, 0.05) is 7.05 Å². The van der Waals surface area contributed by atoms with Crippen molar-refractivity contribution in [1.82, 2.24) is 0 Å². The Morgan fingerprint density at radius 2 is 2.06 bits per heavy atom. The van der Waals surface area contributed by atoms with Crippen LogP contribution in [0, 0.1) is 10.1 Å². The summed E-state index contributed by atoms with van der Waals surface area (Å²) in [7, 11) is 1.27. The van der Waals surface area contributed by atoms with Crippen molar-refractivity contribution < 1.29 is 18.1 Å². The molecule has 0 bridgehead atoms. The maximum absolute atomic E-state index is 12.6. The fourth-order valence-electron chi connectivity index (χ4n) is 1.19. The second-order valence-corrected chi connectivity index (χ2v) is 4.12. The molecule has 17 heavy (non-hydrogen) atoms. The smallest absolute Gasteiger partial charge is 0.383 e. The second-order valence-electron chi connectivity index (χ2n) is 2.95. The number of hydrogen-bond acceptors (Lipinski definition) is 3. The summed E-state index contributed by atoms with van der Waals surface area (Å²) in [4.78, 5) is 9.85. The topological polar surface area (TPSA) is 55.2 Å². The molecule has 0 spiro atoms. The van der Waals surface area contributed by atoms with E-state index in [0.29, 0.717) is 6.07 Å². The molecule has 0 aromatic heterocycles. The van der Waals surface area contributed by atoms with Crippen LogP contribution in [-0.4, -0.2) is 12.0 Å². The van der Waals surface area contributed by atoms with E-state index in [4.69, 9.17) is 11.6 Å². The number of rotatable bonds is 2. The van der Waals surface area contributed by atoms with Gasteiger partial charge in [0.1, 0.15) is 10.7 Å². The van der Waals surface area contributed by atoms with Crippen molar-refractivity contribution in [3.63, 3.8) is 0 Å². The zero-order chi connectivity index (χ0) is 13.4. The molecule has 1 N–H and O–H groups in total. The number of nitrogens with one attached hydrogen (secondary N) is 1. The summed E-state index contributed by atoms with van der Waals surface area (Å²) >= 11 is 8.17. The first-order chi connectivity index (χ1) is 7.70. The van der Waals surface area contributed by atoms with Crippen molar-refractivity contribution in [1.29, 1.82) is 0 Å². The molecule has 1 aromatic carbocycles. The molecule has 0 unspecified atom stereocenters. The van der Waals surface area contributed by atoms with Gasteiger partial charge >= 0.3 is 11.9 Å². The highest BCUT2D eigenvalue weighted by molar-refractivity contribution is 9.10. The first-order valence-corrected chi connectivity index (χ1v) is 5.28. The average Bonchev–Trinajstić information content (AvgIpc) is 2.19. The Hall–Kier alpha value is -1.02. The number of alkyl halides is 3. The van der Waals surface area contributed by atoms with Crippen molar-refractivity contribution >= 4 is 38.9 Å². The molecule has 0 aliphatic heterocycles. The highest BCUT2D eigenvalue weighted by Gasteiger charge is 2.37. The molecule has 94 valence electrons. The molecule has 1 rings (SSSR count). The van der Waals surface area contributed by atoms with Crippen molar-refractivity contribution in [2.24, 2.45) is 0 Å². The summed E-state index contributed by atoms with van der Waals surface area (Å²) in [5.74, 6) is 0. The zero-order valence-electron chi connectivity index (χ0n) is 8.23. The SMILES string of the molecule is CNc1cc(C(F)(F)F)c(Br)c(Cl)c1[N+](=O)[O-]. The molecule has 9 heteroatoms. The lowest BCUT2D eigenvalue weighted by Crippen LogP contribution is -2.09. The van der Waals surface area contributed by atoms with Crippen LogP contribution in [0.3, 0.4) is 0 Å². The number of nitrogens with zero attached hydrogens (tertiary/aromatic N) is 1. The number of anilines is 1. The molecule has 0 aliphatic carbocycles. The number of halogens is 5. The number of nitro groups is 1. The van der Waals surface area contributed by atoms with Gasteiger partial charge in [0.05, 0.1) is 15.0 Å². The van der Waals surface area contributed by atoms with Gasteiger partial charge in [-0.25, -0.2) is 0 Å².